The molecule has 9 heteroatoms. The smallest absolute Gasteiger partial charge is 0.241 e. The van der Waals surface area contributed by atoms with Crippen molar-refractivity contribution in [3.63, 3.8) is 0 Å². The second-order valence-corrected chi connectivity index (χ2v) is 8.95. The largest absolute Gasteiger partial charge is 0.497 e. The number of rotatable bonds is 9. The Kier molecular flexibility index (Phi) is 7.37. The van der Waals surface area contributed by atoms with E-state index >= 15 is 0 Å². The summed E-state index contributed by atoms with van der Waals surface area (Å²) in [5, 5.41) is 4.81. The molecule has 0 aliphatic heterocycles. The van der Waals surface area contributed by atoms with Gasteiger partial charge in [-0.05, 0) is 56.7 Å². The quantitative estimate of drug-likeness (QED) is 0.657. The Labute approximate surface area is 164 Å². The first-order valence-electron chi connectivity index (χ1n) is 8.38. The number of carbonyl (C=O) groups is 1. The van der Waals surface area contributed by atoms with E-state index in [0.29, 0.717) is 12.3 Å². The van der Waals surface area contributed by atoms with Crippen LogP contribution in [0.2, 0.25) is 0 Å². The minimum Gasteiger partial charge on any atom is -0.497 e. The van der Waals surface area contributed by atoms with Crippen molar-refractivity contribution in [3.05, 3.63) is 46.7 Å². The summed E-state index contributed by atoms with van der Waals surface area (Å²) in [6.45, 7) is 1.91. The van der Waals surface area contributed by atoms with Gasteiger partial charge in [0, 0.05) is 11.4 Å². The molecule has 2 rings (SSSR count). The van der Waals surface area contributed by atoms with Crippen LogP contribution in [0.1, 0.15) is 17.8 Å². The van der Waals surface area contributed by atoms with Crippen molar-refractivity contribution in [2.75, 3.05) is 27.7 Å². The molecular formula is C18H25N3O4S2. The van der Waals surface area contributed by atoms with Crippen LogP contribution in [0.15, 0.2) is 46.7 Å². The maximum Gasteiger partial charge on any atom is 0.241 e. The van der Waals surface area contributed by atoms with Crippen molar-refractivity contribution in [1.82, 2.24) is 14.9 Å². The van der Waals surface area contributed by atoms with Crippen LogP contribution in [0.5, 0.6) is 5.75 Å². The van der Waals surface area contributed by atoms with Gasteiger partial charge >= 0.3 is 0 Å². The Hall–Kier alpha value is -1.94. The van der Waals surface area contributed by atoms with Gasteiger partial charge in [-0.25, -0.2) is 8.42 Å². The van der Waals surface area contributed by atoms with Gasteiger partial charge in [0.15, 0.2) is 0 Å². The number of hydrogen-bond donors (Lipinski definition) is 2. The van der Waals surface area contributed by atoms with Gasteiger partial charge in [0.25, 0.3) is 0 Å². The molecule has 2 N–H and O–H groups in total. The Morgan fingerprint density at radius 1 is 1.22 bits per heavy atom. The average Bonchev–Trinajstić information content (AvgIpc) is 3.15. The van der Waals surface area contributed by atoms with Crippen molar-refractivity contribution in [1.29, 1.82) is 0 Å². The van der Waals surface area contributed by atoms with Gasteiger partial charge in [-0.2, -0.15) is 4.72 Å². The average molecular weight is 412 g/mol. The van der Waals surface area contributed by atoms with Crippen LogP contribution in [0.3, 0.4) is 0 Å². The van der Waals surface area contributed by atoms with Crippen molar-refractivity contribution in [3.8, 4) is 5.75 Å². The second-order valence-electron chi connectivity index (χ2n) is 6.26. The van der Waals surface area contributed by atoms with Crippen LogP contribution in [0, 0.1) is 0 Å². The molecule has 2 atom stereocenters. The van der Waals surface area contributed by atoms with E-state index in [4.69, 9.17) is 4.74 Å². The Morgan fingerprint density at radius 3 is 2.41 bits per heavy atom. The highest BCUT2D eigenvalue weighted by Crippen LogP contribution is 2.22. The first-order chi connectivity index (χ1) is 12.7. The summed E-state index contributed by atoms with van der Waals surface area (Å²) in [5.41, 5.74) is 0. The van der Waals surface area contributed by atoms with E-state index in [1.54, 1.807) is 23.5 Å². The summed E-state index contributed by atoms with van der Waals surface area (Å²) in [7, 11) is 1.58. The monoisotopic (exact) mass is 411 g/mol. The minimum atomic E-state index is -3.80. The summed E-state index contributed by atoms with van der Waals surface area (Å²) in [6, 6.07) is 9.09. The number of carbonyl (C=O) groups excluding carboxylic acids is 1. The summed E-state index contributed by atoms with van der Waals surface area (Å²) in [5.74, 6) is 0.179. The highest BCUT2D eigenvalue weighted by atomic mass is 32.2. The van der Waals surface area contributed by atoms with Gasteiger partial charge in [-0.1, -0.05) is 6.07 Å². The molecule has 1 aromatic carbocycles. The van der Waals surface area contributed by atoms with Crippen molar-refractivity contribution >= 4 is 27.3 Å². The molecule has 0 saturated carbocycles. The summed E-state index contributed by atoms with van der Waals surface area (Å²) in [6.07, 6.45) is 0. The van der Waals surface area contributed by atoms with Crippen LogP contribution >= 0.6 is 11.3 Å². The van der Waals surface area contributed by atoms with E-state index in [-0.39, 0.29) is 16.8 Å². The van der Waals surface area contributed by atoms with Crippen molar-refractivity contribution in [2.45, 2.75) is 23.9 Å². The number of benzene rings is 1. The maximum atomic E-state index is 12.4. The van der Waals surface area contributed by atoms with Gasteiger partial charge in [-0.15, -0.1) is 11.3 Å². The summed E-state index contributed by atoms with van der Waals surface area (Å²) in [4.78, 5) is 15.6. The zero-order valence-corrected chi connectivity index (χ0v) is 17.4. The van der Waals surface area contributed by atoms with Gasteiger partial charge in [0.05, 0.1) is 24.1 Å². The third kappa shape index (κ3) is 5.77. The van der Waals surface area contributed by atoms with Crippen molar-refractivity contribution < 1.29 is 17.9 Å². The standard InChI is InChI=1S/C18H25N3O4S2/c1-13(20-27(23,24)15-9-7-14(25-4)8-10-15)18(22)19-12-16(21(2)3)17-6-5-11-26-17/h5-11,13,16,20H,12H2,1-4H3,(H,19,22)/t13-,16?/m0/s1. The maximum absolute atomic E-state index is 12.4. The van der Waals surface area contributed by atoms with Crippen LogP contribution in [-0.4, -0.2) is 53.0 Å². The zero-order chi connectivity index (χ0) is 20.0. The lowest BCUT2D eigenvalue weighted by molar-refractivity contribution is -0.122. The molecule has 0 saturated heterocycles. The van der Waals surface area contributed by atoms with Gasteiger partial charge in [0.2, 0.25) is 15.9 Å². The van der Waals surface area contributed by atoms with Crippen LogP contribution in [0.4, 0.5) is 0 Å². The third-order valence-corrected chi connectivity index (χ3v) is 6.59. The molecule has 0 aliphatic carbocycles. The predicted molar refractivity (Wildman–Crippen MR) is 107 cm³/mol. The molecule has 27 heavy (non-hydrogen) atoms. The lowest BCUT2D eigenvalue weighted by Crippen LogP contribution is -2.46. The van der Waals surface area contributed by atoms with Crippen LogP contribution < -0.4 is 14.8 Å². The number of nitrogens with one attached hydrogen (secondary N) is 2. The lowest BCUT2D eigenvalue weighted by Gasteiger charge is -2.24. The molecule has 1 heterocycles. The highest BCUT2D eigenvalue weighted by molar-refractivity contribution is 7.89. The van der Waals surface area contributed by atoms with E-state index in [2.05, 4.69) is 10.0 Å². The molecule has 0 fully saturated rings. The number of methoxy groups -OCH3 is 1. The third-order valence-electron chi connectivity index (χ3n) is 4.06. The van der Waals surface area contributed by atoms with Crippen LogP contribution in [-0.2, 0) is 14.8 Å². The molecule has 0 radical (unpaired) electrons. The highest BCUT2D eigenvalue weighted by Gasteiger charge is 2.23. The first-order valence-corrected chi connectivity index (χ1v) is 10.7. The lowest BCUT2D eigenvalue weighted by atomic mass is 10.2. The SMILES string of the molecule is COc1ccc(S(=O)(=O)N[C@@H](C)C(=O)NCC(c2cccs2)N(C)C)cc1. The number of nitrogens with zero attached hydrogens (tertiary/aromatic N) is 1. The molecule has 0 bridgehead atoms. The molecule has 1 aromatic heterocycles. The fraction of sp³-hybridized carbons (Fsp3) is 0.389. The number of amides is 1. The Morgan fingerprint density at radius 2 is 1.89 bits per heavy atom. The predicted octanol–water partition coefficient (Wildman–Crippen LogP) is 1.84. The van der Waals surface area contributed by atoms with E-state index in [9.17, 15) is 13.2 Å². The molecular weight excluding hydrogens is 386 g/mol. The van der Waals surface area contributed by atoms with E-state index in [1.807, 2.05) is 36.5 Å². The van der Waals surface area contributed by atoms with E-state index in [1.165, 1.54) is 26.2 Å². The fourth-order valence-corrected chi connectivity index (χ4v) is 4.60. The number of thiophene rings is 1. The molecule has 7 nitrogen and oxygen atoms in total. The molecule has 2 aromatic rings. The fourth-order valence-electron chi connectivity index (χ4n) is 2.48. The number of likely N-dealkylation sites (N-methyl/N-ethyl adjacent to an activating group) is 1. The van der Waals surface area contributed by atoms with Crippen LogP contribution in [0.25, 0.3) is 0 Å². The molecule has 1 unspecified atom stereocenters. The van der Waals surface area contributed by atoms with Gasteiger partial charge in [0.1, 0.15) is 5.75 Å². The molecule has 0 aliphatic rings. The molecule has 148 valence electrons. The minimum absolute atomic E-state index is 0.0272. The van der Waals surface area contributed by atoms with Gasteiger partial charge in [-0.3, -0.25) is 4.79 Å². The summed E-state index contributed by atoms with van der Waals surface area (Å²) >= 11 is 1.61. The Bertz CT molecular complexity index is 834. The zero-order valence-electron chi connectivity index (χ0n) is 15.8. The first kappa shape index (κ1) is 21.4. The van der Waals surface area contributed by atoms with Crippen molar-refractivity contribution in [2.24, 2.45) is 0 Å². The number of ether oxygens (including phenoxy) is 1. The van der Waals surface area contributed by atoms with E-state index < -0.39 is 16.1 Å². The second kappa shape index (κ2) is 9.32. The topological polar surface area (TPSA) is 87.7 Å². The summed E-state index contributed by atoms with van der Waals surface area (Å²) < 4.78 is 32.3. The number of hydrogen-bond acceptors (Lipinski definition) is 6. The number of sulfonamides is 1. The molecule has 0 spiro atoms. The van der Waals surface area contributed by atoms with E-state index in [0.717, 1.165) is 4.88 Å². The van der Waals surface area contributed by atoms with Gasteiger partial charge < -0.3 is 15.0 Å². The molecule has 1 amide bonds. The normalized spacial score (nSPS) is 14.0. The Balaban J connectivity index is 1.97.